The van der Waals surface area contributed by atoms with Gasteiger partial charge in [0.15, 0.2) is 0 Å². The van der Waals surface area contributed by atoms with E-state index in [4.69, 9.17) is 4.74 Å². The molecule has 1 saturated heterocycles. The van der Waals surface area contributed by atoms with Crippen LogP contribution in [0.15, 0.2) is 18.2 Å². The molecule has 0 aromatic heterocycles. The molecular weight excluding hydrogens is 224 g/mol. The molecule has 1 aliphatic rings. The lowest BCUT2D eigenvalue weighted by Gasteiger charge is -2.28. The second-order valence-corrected chi connectivity index (χ2v) is 5.92. The molecule has 0 bridgehead atoms. The van der Waals surface area contributed by atoms with Crippen molar-refractivity contribution in [3.8, 4) is 5.75 Å². The fourth-order valence-corrected chi connectivity index (χ4v) is 2.42. The standard InChI is InChI=1S/C15H24N2O/c1-15(2,3)12-9-11(5-6-14(12)18-4)13-10-16-7-8-17-13/h5-6,9,13,16-17H,7-8,10H2,1-4H3. The normalized spacial score (nSPS) is 20.8. The third kappa shape index (κ3) is 2.85. The van der Waals surface area contributed by atoms with E-state index in [2.05, 4.69) is 49.6 Å². The first-order valence-electron chi connectivity index (χ1n) is 6.65. The summed E-state index contributed by atoms with van der Waals surface area (Å²) < 4.78 is 5.48. The van der Waals surface area contributed by atoms with Crippen LogP contribution in [0.2, 0.25) is 0 Å². The van der Waals surface area contributed by atoms with Crippen molar-refractivity contribution in [1.82, 2.24) is 10.6 Å². The SMILES string of the molecule is COc1ccc(C2CNCCN2)cc1C(C)(C)C. The molecule has 3 heteroatoms. The molecule has 1 aliphatic heterocycles. The molecule has 1 aromatic rings. The lowest BCUT2D eigenvalue weighted by atomic mass is 9.84. The predicted octanol–water partition coefficient (Wildman–Crippen LogP) is 2.23. The maximum absolute atomic E-state index is 5.48. The van der Waals surface area contributed by atoms with E-state index in [0.29, 0.717) is 6.04 Å². The molecular formula is C15H24N2O. The van der Waals surface area contributed by atoms with Gasteiger partial charge in [-0.3, -0.25) is 0 Å². The van der Waals surface area contributed by atoms with Crippen molar-refractivity contribution in [3.63, 3.8) is 0 Å². The molecule has 2 rings (SSSR count). The fourth-order valence-electron chi connectivity index (χ4n) is 2.42. The molecule has 1 aromatic carbocycles. The smallest absolute Gasteiger partial charge is 0.122 e. The number of nitrogens with one attached hydrogen (secondary N) is 2. The molecule has 1 heterocycles. The predicted molar refractivity (Wildman–Crippen MR) is 75.3 cm³/mol. The Kier molecular flexibility index (Phi) is 3.93. The van der Waals surface area contributed by atoms with Crippen LogP contribution in [0.3, 0.4) is 0 Å². The van der Waals surface area contributed by atoms with Gasteiger partial charge < -0.3 is 15.4 Å². The van der Waals surface area contributed by atoms with Crippen LogP contribution in [-0.4, -0.2) is 26.7 Å². The second kappa shape index (κ2) is 5.29. The number of ether oxygens (including phenoxy) is 1. The van der Waals surface area contributed by atoms with E-state index < -0.39 is 0 Å². The van der Waals surface area contributed by atoms with Crippen LogP contribution in [-0.2, 0) is 5.41 Å². The Labute approximate surface area is 110 Å². The molecule has 0 spiro atoms. The zero-order valence-corrected chi connectivity index (χ0v) is 11.8. The van der Waals surface area contributed by atoms with Crippen molar-refractivity contribution >= 4 is 0 Å². The van der Waals surface area contributed by atoms with Gasteiger partial charge in [0.05, 0.1) is 7.11 Å². The summed E-state index contributed by atoms with van der Waals surface area (Å²) in [5, 5.41) is 6.97. The first kappa shape index (κ1) is 13.4. The van der Waals surface area contributed by atoms with Crippen molar-refractivity contribution in [2.75, 3.05) is 26.7 Å². The lowest BCUT2D eigenvalue weighted by molar-refractivity contribution is 0.394. The molecule has 1 fully saturated rings. The minimum Gasteiger partial charge on any atom is -0.496 e. The number of benzene rings is 1. The Morgan fingerprint density at radius 1 is 1.22 bits per heavy atom. The molecule has 0 radical (unpaired) electrons. The summed E-state index contributed by atoms with van der Waals surface area (Å²) in [6, 6.07) is 6.94. The Balaban J connectivity index is 2.33. The minimum absolute atomic E-state index is 0.101. The Bertz CT molecular complexity index is 403. The highest BCUT2D eigenvalue weighted by atomic mass is 16.5. The molecule has 0 saturated carbocycles. The number of methoxy groups -OCH3 is 1. The Morgan fingerprint density at radius 2 is 2.00 bits per heavy atom. The van der Waals surface area contributed by atoms with Gasteiger partial charge in [0.25, 0.3) is 0 Å². The maximum Gasteiger partial charge on any atom is 0.122 e. The molecule has 18 heavy (non-hydrogen) atoms. The average molecular weight is 248 g/mol. The fraction of sp³-hybridized carbons (Fsp3) is 0.600. The van der Waals surface area contributed by atoms with Crippen LogP contribution < -0.4 is 15.4 Å². The van der Waals surface area contributed by atoms with E-state index in [9.17, 15) is 0 Å². The van der Waals surface area contributed by atoms with E-state index in [1.54, 1.807) is 7.11 Å². The highest BCUT2D eigenvalue weighted by molar-refractivity contribution is 5.42. The van der Waals surface area contributed by atoms with Gasteiger partial charge in [-0.25, -0.2) is 0 Å². The molecule has 100 valence electrons. The molecule has 0 amide bonds. The van der Waals surface area contributed by atoms with Crippen LogP contribution in [0, 0.1) is 0 Å². The van der Waals surface area contributed by atoms with E-state index in [1.807, 2.05) is 0 Å². The highest BCUT2D eigenvalue weighted by Crippen LogP contribution is 2.33. The van der Waals surface area contributed by atoms with E-state index in [0.717, 1.165) is 25.4 Å². The monoisotopic (exact) mass is 248 g/mol. The zero-order valence-electron chi connectivity index (χ0n) is 11.8. The second-order valence-electron chi connectivity index (χ2n) is 5.92. The van der Waals surface area contributed by atoms with E-state index >= 15 is 0 Å². The van der Waals surface area contributed by atoms with Crippen molar-refractivity contribution < 1.29 is 4.74 Å². The van der Waals surface area contributed by atoms with Gasteiger partial charge in [-0.1, -0.05) is 26.8 Å². The molecule has 1 atom stereocenters. The van der Waals surface area contributed by atoms with Crippen molar-refractivity contribution in [1.29, 1.82) is 0 Å². The molecule has 1 unspecified atom stereocenters. The summed E-state index contributed by atoms with van der Waals surface area (Å²) in [6.07, 6.45) is 0. The van der Waals surface area contributed by atoms with Gasteiger partial charge in [0, 0.05) is 25.7 Å². The molecule has 3 nitrogen and oxygen atoms in total. The van der Waals surface area contributed by atoms with E-state index in [1.165, 1.54) is 11.1 Å². The summed E-state index contributed by atoms with van der Waals surface area (Å²) in [7, 11) is 1.74. The highest BCUT2D eigenvalue weighted by Gasteiger charge is 2.22. The van der Waals surface area contributed by atoms with Crippen molar-refractivity contribution in [2.45, 2.75) is 32.2 Å². The van der Waals surface area contributed by atoms with Crippen LogP contribution >= 0.6 is 0 Å². The van der Waals surface area contributed by atoms with Gasteiger partial charge in [0.2, 0.25) is 0 Å². The van der Waals surface area contributed by atoms with Crippen LogP contribution in [0.25, 0.3) is 0 Å². The molecule has 2 N–H and O–H groups in total. The first-order chi connectivity index (χ1) is 8.52. The zero-order chi connectivity index (χ0) is 13.2. The summed E-state index contributed by atoms with van der Waals surface area (Å²) >= 11 is 0. The quantitative estimate of drug-likeness (QED) is 0.842. The van der Waals surface area contributed by atoms with Crippen LogP contribution in [0.5, 0.6) is 5.75 Å². The van der Waals surface area contributed by atoms with Crippen LogP contribution in [0.4, 0.5) is 0 Å². The third-order valence-electron chi connectivity index (χ3n) is 3.47. The van der Waals surface area contributed by atoms with Gasteiger partial charge in [-0.2, -0.15) is 0 Å². The van der Waals surface area contributed by atoms with Gasteiger partial charge in [-0.15, -0.1) is 0 Å². The maximum atomic E-state index is 5.48. The van der Waals surface area contributed by atoms with Gasteiger partial charge in [-0.05, 0) is 28.7 Å². The van der Waals surface area contributed by atoms with Crippen molar-refractivity contribution in [2.24, 2.45) is 0 Å². The summed E-state index contributed by atoms with van der Waals surface area (Å²) in [6.45, 7) is 9.75. The first-order valence-corrected chi connectivity index (χ1v) is 6.65. The number of rotatable bonds is 2. The average Bonchev–Trinajstić information content (AvgIpc) is 2.38. The Hall–Kier alpha value is -1.06. The van der Waals surface area contributed by atoms with Crippen LogP contribution in [0.1, 0.15) is 37.9 Å². The van der Waals surface area contributed by atoms with Crippen molar-refractivity contribution in [3.05, 3.63) is 29.3 Å². The summed E-state index contributed by atoms with van der Waals surface area (Å²) in [5.74, 6) is 0.981. The summed E-state index contributed by atoms with van der Waals surface area (Å²) in [5.41, 5.74) is 2.71. The number of piperazine rings is 1. The topological polar surface area (TPSA) is 33.3 Å². The third-order valence-corrected chi connectivity index (χ3v) is 3.47. The van der Waals surface area contributed by atoms with Gasteiger partial charge in [0.1, 0.15) is 5.75 Å². The summed E-state index contributed by atoms with van der Waals surface area (Å²) in [4.78, 5) is 0. The van der Waals surface area contributed by atoms with E-state index in [-0.39, 0.29) is 5.41 Å². The van der Waals surface area contributed by atoms with Gasteiger partial charge >= 0.3 is 0 Å². The lowest BCUT2D eigenvalue weighted by Crippen LogP contribution is -2.42. The number of hydrogen-bond donors (Lipinski definition) is 2. The Morgan fingerprint density at radius 3 is 2.56 bits per heavy atom. The minimum atomic E-state index is 0.101. The molecule has 0 aliphatic carbocycles. The number of hydrogen-bond acceptors (Lipinski definition) is 3. The largest absolute Gasteiger partial charge is 0.496 e.